The van der Waals surface area contributed by atoms with Crippen LogP contribution >= 0.6 is 0 Å². The van der Waals surface area contributed by atoms with Gasteiger partial charge in [0.15, 0.2) is 0 Å². The zero-order chi connectivity index (χ0) is 22.6. The van der Waals surface area contributed by atoms with Crippen LogP contribution in [0.15, 0.2) is 0 Å². The van der Waals surface area contributed by atoms with E-state index in [-0.39, 0.29) is 0 Å². The first kappa shape index (κ1) is 25.6. The number of hydrogen-bond donors (Lipinski definition) is 3. The van der Waals surface area contributed by atoms with Crippen molar-refractivity contribution in [2.75, 3.05) is 26.2 Å². The third-order valence-corrected chi connectivity index (χ3v) is 6.97. The van der Waals surface area contributed by atoms with Crippen LogP contribution in [-0.4, -0.2) is 82.2 Å². The minimum atomic E-state index is -1.82. The van der Waals surface area contributed by atoms with Crippen LogP contribution in [-0.2, 0) is 14.4 Å². The Morgan fingerprint density at radius 1 is 0.839 bits per heavy atom. The molecule has 1 unspecified atom stereocenters. The molecule has 8 heteroatoms. The van der Waals surface area contributed by atoms with Crippen LogP contribution in [0.2, 0.25) is 0 Å². The van der Waals surface area contributed by atoms with E-state index in [1.165, 1.54) is 83.6 Å². The number of likely N-dealkylation sites (N-methyl/N-ethyl adjacent to an activating group) is 1. The minimum absolute atomic E-state index is 0.375. The van der Waals surface area contributed by atoms with E-state index >= 15 is 0 Å². The van der Waals surface area contributed by atoms with Gasteiger partial charge in [0.25, 0.3) is 0 Å². The maximum absolute atomic E-state index is 13.1. The molecule has 1 atom stereocenters. The van der Waals surface area contributed by atoms with Crippen molar-refractivity contribution >= 4 is 17.8 Å². The summed E-state index contributed by atoms with van der Waals surface area (Å²) in [4.78, 5) is 36.2. The van der Waals surface area contributed by atoms with Gasteiger partial charge in [0, 0.05) is 24.7 Å². The molecule has 1 amide bonds. The van der Waals surface area contributed by atoms with Gasteiger partial charge in [0.05, 0.1) is 6.54 Å². The Bertz CT molecular complexity index is 544. The van der Waals surface area contributed by atoms with Gasteiger partial charge in [-0.15, -0.1) is 0 Å². The van der Waals surface area contributed by atoms with Crippen LogP contribution in [0.4, 0.5) is 0 Å². The third kappa shape index (κ3) is 8.41. The molecule has 1 heterocycles. The van der Waals surface area contributed by atoms with Gasteiger partial charge in [-0.25, -0.2) is 9.59 Å². The monoisotopic (exact) mass is 439 g/mol. The average Bonchev–Trinajstić information content (AvgIpc) is 3.23. The minimum Gasteiger partial charge on any atom is -0.473 e. The second-order valence-electron chi connectivity index (χ2n) is 9.05. The first-order valence-electron chi connectivity index (χ1n) is 12.2. The molecule has 3 fully saturated rings. The van der Waals surface area contributed by atoms with E-state index in [2.05, 4.69) is 22.0 Å². The summed E-state index contributed by atoms with van der Waals surface area (Å²) < 4.78 is 0. The van der Waals surface area contributed by atoms with Crippen molar-refractivity contribution in [1.82, 2.24) is 15.1 Å². The van der Waals surface area contributed by atoms with Gasteiger partial charge in [0.1, 0.15) is 0 Å². The Hall–Kier alpha value is -1.67. The number of nitrogens with zero attached hydrogens (tertiary/aromatic N) is 2. The predicted molar refractivity (Wildman–Crippen MR) is 119 cm³/mol. The summed E-state index contributed by atoms with van der Waals surface area (Å²) in [5, 5.41) is 18.3. The van der Waals surface area contributed by atoms with E-state index in [0.717, 1.165) is 13.1 Å². The second kappa shape index (κ2) is 13.7. The molecular weight excluding hydrogens is 398 g/mol. The number of carboxylic acids is 2. The molecule has 0 bridgehead atoms. The first-order chi connectivity index (χ1) is 14.9. The molecule has 0 aromatic heterocycles. The third-order valence-electron chi connectivity index (χ3n) is 6.97. The van der Waals surface area contributed by atoms with Crippen LogP contribution in [0, 0.1) is 0 Å². The van der Waals surface area contributed by atoms with Gasteiger partial charge in [-0.05, 0) is 51.6 Å². The average molecular weight is 440 g/mol. The number of nitrogens with one attached hydrogen (secondary N) is 1. The molecule has 31 heavy (non-hydrogen) atoms. The number of carboxylic acid groups (broad SMARTS) is 2. The summed E-state index contributed by atoms with van der Waals surface area (Å²) in [5.41, 5.74) is 0. The molecule has 0 spiro atoms. The zero-order valence-corrected chi connectivity index (χ0v) is 19.1. The highest BCUT2D eigenvalue weighted by atomic mass is 16.4. The Kier molecular flexibility index (Phi) is 11.3. The summed E-state index contributed by atoms with van der Waals surface area (Å²) in [5.74, 6) is -3.27. The lowest BCUT2D eigenvalue weighted by Gasteiger charge is -2.42. The van der Waals surface area contributed by atoms with Crippen molar-refractivity contribution in [3.63, 3.8) is 0 Å². The van der Waals surface area contributed by atoms with E-state index in [0.29, 0.717) is 30.6 Å². The van der Waals surface area contributed by atoms with Gasteiger partial charge in [0.2, 0.25) is 5.91 Å². The molecule has 1 saturated heterocycles. The summed E-state index contributed by atoms with van der Waals surface area (Å²) in [6.45, 7) is 6.13. The highest BCUT2D eigenvalue weighted by Gasteiger charge is 2.32. The largest absolute Gasteiger partial charge is 0.473 e. The number of aliphatic carboxylic acids is 2. The molecule has 8 nitrogen and oxygen atoms in total. The molecular formula is C23H41N3O5. The van der Waals surface area contributed by atoms with Crippen molar-refractivity contribution in [1.29, 1.82) is 0 Å². The van der Waals surface area contributed by atoms with Crippen molar-refractivity contribution in [3.05, 3.63) is 0 Å². The van der Waals surface area contributed by atoms with E-state index < -0.39 is 11.9 Å². The van der Waals surface area contributed by atoms with Crippen molar-refractivity contribution in [2.24, 2.45) is 0 Å². The zero-order valence-electron chi connectivity index (χ0n) is 19.1. The molecule has 178 valence electrons. The molecule has 0 aromatic carbocycles. The Morgan fingerprint density at radius 2 is 1.35 bits per heavy atom. The molecule has 2 saturated carbocycles. The SMILES string of the molecule is CCN1CCCC1CNCC(=O)N(C1CCCCC1)C1CCCCC1.O=C(O)C(=O)O. The molecule has 3 N–H and O–H groups in total. The maximum Gasteiger partial charge on any atom is 0.414 e. The van der Waals surface area contributed by atoms with Gasteiger partial charge in [-0.3, -0.25) is 9.69 Å². The fourth-order valence-electron chi connectivity index (χ4n) is 5.40. The van der Waals surface area contributed by atoms with E-state index in [4.69, 9.17) is 19.8 Å². The van der Waals surface area contributed by atoms with Gasteiger partial charge < -0.3 is 20.4 Å². The second-order valence-corrected chi connectivity index (χ2v) is 9.05. The van der Waals surface area contributed by atoms with Crippen molar-refractivity contribution < 1.29 is 24.6 Å². The van der Waals surface area contributed by atoms with E-state index in [1.54, 1.807) is 0 Å². The topological polar surface area (TPSA) is 110 Å². The van der Waals surface area contributed by atoms with Crippen LogP contribution in [0.25, 0.3) is 0 Å². The summed E-state index contributed by atoms with van der Waals surface area (Å²) >= 11 is 0. The number of rotatable bonds is 7. The maximum atomic E-state index is 13.1. The predicted octanol–water partition coefficient (Wildman–Crippen LogP) is 2.71. The fraction of sp³-hybridized carbons (Fsp3) is 0.870. The van der Waals surface area contributed by atoms with Crippen molar-refractivity contribution in [3.8, 4) is 0 Å². The Balaban J connectivity index is 0.000000501. The molecule has 0 aromatic rings. The van der Waals surface area contributed by atoms with Gasteiger partial charge in [-0.2, -0.15) is 0 Å². The van der Waals surface area contributed by atoms with Crippen LogP contribution < -0.4 is 5.32 Å². The molecule has 2 aliphatic carbocycles. The Labute approximate surface area is 186 Å². The number of likely N-dealkylation sites (tertiary alicyclic amines) is 1. The number of hydrogen-bond acceptors (Lipinski definition) is 5. The number of carbonyl (C=O) groups is 3. The van der Waals surface area contributed by atoms with Gasteiger partial charge >= 0.3 is 11.9 Å². The fourth-order valence-corrected chi connectivity index (χ4v) is 5.40. The van der Waals surface area contributed by atoms with Crippen LogP contribution in [0.3, 0.4) is 0 Å². The summed E-state index contributed by atoms with van der Waals surface area (Å²) in [6.07, 6.45) is 15.5. The number of carbonyl (C=O) groups excluding carboxylic acids is 1. The smallest absolute Gasteiger partial charge is 0.414 e. The van der Waals surface area contributed by atoms with E-state index in [9.17, 15) is 4.79 Å². The van der Waals surface area contributed by atoms with Crippen LogP contribution in [0.5, 0.6) is 0 Å². The van der Waals surface area contributed by atoms with E-state index in [1.807, 2.05) is 0 Å². The quantitative estimate of drug-likeness (QED) is 0.523. The number of amides is 1. The summed E-state index contributed by atoms with van der Waals surface area (Å²) in [6, 6.07) is 1.67. The molecule has 3 rings (SSSR count). The Morgan fingerprint density at radius 3 is 1.81 bits per heavy atom. The molecule has 3 aliphatic rings. The van der Waals surface area contributed by atoms with Crippen LogP contribution in [0.1, 0.15) is 84.0 Å². The standard InChI is InChI=1S/C21H39N3O.C2H2O4/c1-2-23-15-9-14-20(23)16-22-17-21(25)24(18-10-5-3-6-11-18)19-12-7-4-8-13-19;3-1(4)2(5)6/h18-20,22H,2-17H2,1H3;(H,3,4)(H,5,6). The van der Waals surface area contributed by atoms with Gasteiger partial charge in [-0.1, -0.05) is 45.4 Å². The van der Waals surface area contributed by atoms with Crippen molar-refractivity contribution in [2.45, 2.75) is 102 Å². The summed E-state index contributed by atoms with van der Waals surface area (Å²) in [7, 11) is 0. The highest BCUT2D eigenvalue weighted by molar-refractivity contribution is 6.27. The lowest BCUT2D eigenvalue weighted by Crippen LogP contribution is -2.52. The lowest BCUT2D eigenvalue weighted by atomic mass is 9.88. The normalized spacial score (nSPS) is 23.1. The first-order valence-corrected chi connectivity index (χ1v) is 12.2. The molecule has 0 radical (unpaired) electrons. The lowest BCUT2D eigenvalue weighted by molar-refractivity contribution is -0.159. The molecule has 1 aliphatic heterocycles. The highest BCUT2D eigenvalue weighted by Crippen LogP contribution is 2.30.